The van der Waals surface area contributed by atoms with Gasteiger partial charge in [0.15, 0.2) is 0 Å². The van der Waals surface area contributed by atoms with Crippen LogP contribution in [-0.4, -0.2) is 30.2 Å². The Morgan fingerprint density at radius 3 is 2.18 bits per heavy atom. The van der Waals surface area contributed by atoms with Gasteiger partial charge in [-0.25, -0.2) is 0 Å². The Labute approximate surface area is 225 Å². The van der Waals surface area contributed by atoms with Gasteiger partial charge in [-0.1, -0.05) is 48.6 Å². The first-order chi connectivity index (χ1) is 19.0. The van der Waals surface area contributed by atoms with Crippen LogP contribution in [0, 0.1) is 41.4 Å². The first-order valence-electron chi connectivity index (χ1n) is 13.7. The molecule has 9 rings (SSSR count). The Morgan fingerprint density at radius 1 is 0.795 bits per heavy atom. The number of carbonyl (C=O) groups excluding carboxylic acids is 4. The Bertz CT molecular complexity index is 1570. The van der Waals surface area contributed by atoms with Gasteiger partial charge in [0, 0.05) is 18.4 Å². The number of hydrogen-bond acceptors (Lipinski definition) is 5. The van der Waals surface area contributed by atoms with Gasteiger partial charge in [-0.05, 0) is 65.8 Å². The molecule has 6 aliphatic rings. The van der Waals surface area contributed by atoms with Crippen molar-refractivity contribution in [3.05, 3.63) is 78.9 Å². The molecule has 0 radical (unpaired) electrons. The van der Waals surface area contributed by atoms with Gasteiger partial charge in [-0.3, -0.25) is 24.1 Å². The third-order valence-corrected chi connectivity index (χ3v) is 9.49. The summed E-state index contributed by atoms with van der Waals surface area (Å²) >= 11 is 0. The van der Waals surface area contributed by atoms with Crippen LogP contribution in [0.3, 0.4) is 0 Å². The van der Waals surface area contributed by atoms with Gasteiger partial charge in [0.1, 0.15) is 5.75 Å². The van der Waals surface area contributed by atoms with Crippen molar-refractivity contribution in [3.63, 3.8) is 0 Å². The van der Waals surface area contributed by atoms with E-state index in [0.717, 1.165) is 22.9 Å². The first-order valence-corrected chi connectivity index (χ1v) is 13.7. The fraction of sp³-hybridized carbons (Fsp3) is 0.312. The molecule has 7 heteroatoms. The third-order valence-electron chi connectivity index (χ3n) is 9.49. The zero-order valence-electron chi connectivity index (χ0n) is 21.1. The van der Waals surface area contributed by atoms with Gasteiger partial charge < -0.3 is 9.64 Å². The molecule has 3 amide bonds. The minimum atomic E-state index is -0.588. The predicted octanol–water partition coefficient (Wildman–Crippen LogP) is 4.36. The quantitative estimate of drug-likeness (QED) is 0.222. The molecule has 2 saturated heterocycles. The first kappa shape index (κ1) is 22.7. The van der Waals surface area contributed by atoms with Crippen LogP contribution >= 0.6 is 0 Å². The van der Waals surface area contributed by atoms with Crippen molar-refractivity contribution in [3.8, 4) is 5.75 Å². The van der Waals surface area contributed by atoms with E-state index in [4.69, 9.17) is 4.74 Å². The zero-order chi connectivity index (χ0) is 26.4. The number of ether oxygens (including phenoxy) is 1. The smallest absolute Gasteiger partial charge is 0.316 e. The lowest BCUT2D eigenvalue weighted by molar-refractivity contribution is -0.139. The summed E-state index contributed by atoms with van der Waals surface area (Å²) in [6, 6.07) is 20.2. The summed E-state index contributed by atoms with van der Waals surface area (Å²) in [7, 11) is 0. The number of allylic oxidation sites excluding steroid dienone is 2. The molecule has 4 fully saturated rings. The zero-order valence-corrected chi connectivity index (χ0v) is 21.1. The molecular weight excluding hydrogens is 492 g/mol. The van der Waals surface area contributed by atoms with Crippen LogP contribution in [0.15, 0.2) is 78.9 Å². The highest BCUT2D eigenvalue weighted by atomic mass is 16.5. The predicted molar refractivity (Wildman–Crippen MR) is 144 cm³/mol. The second-order valence-corrected chi connectivity index (χ2v) is 11.5. The summed E-state index contributed by atoms with van der Waals surface area (Å²) in [5, 5.41) is 1.99. The second kappa shape index (κ2) is 8.12. The molecular formula is C32H26N2O5. The van der Waals surface area contributed by atoms with Crippen molar-refractivity contribution >= 4 is 45.8 Å². The fourth-order valence-corrected chi connectivity index (χ4v) is 7.62. The van der Waals surface area contributed by atoms with Crippen LogP contribution < -0.4 is 14.5 Å². The van der Waals surface area contributed by atoms with E-state index in [1.807, 2.05) is 42.5 Å². The van der Waals surface area contributed by atoms with Crippen LogP contribution in [0.5, 0.6) is 5.75 Å². The van der Waals surface area contributed by atoms with Gasteiger partial charge in [0.2, 0.25) is 17.7 Å². The van der Waals surface area contributed by atoms with Gasteiger partial charge in [-0.2, -0.15) is 0 Å². The fourth-order valence-electron chi connectivity index (χ4n) is 7.62. The Balaban J connectivity index is 0.969. The Morgan fingerprint density at radius 2 is 1.46 bits per heavy atom. The summed E-state index contributed by atoms with van der Waals surface area (Å²) in [6.45, 7) is 0.252. The maximum atomic E-state index is 13.4. The van der Waals surface area contributed by atoms with Crippen LogP contribution in [-0.2, 0) is 19.2 Å². The summed E-state index contributed by atoms with van der Waals surface area (Å²) in [6.07, 6.45) is 5.53. The lowest BCUT2D eigenvalue weighted by Crippen LogP contribution is -2.40. The van der Waals surface area contributed by atoms with Crippen LogP contribution in [0.2, 0.25) is 0 Å². The minimum absolute atomic E-state index is 0.0814. The molecule has 3 aromatic carbocycles. The molecule has 7 atom stereocenters. The van der Waals surface area contributed by atoms with E-state index >= 15 is 0 Å². The molecule has 2 heterocycles. The lowest BCUT2D eigenvalue weighted by atomic mass is 9.63. The van der Waals surface area contributed by atoms with E-state index < -0.39 is 11.9 Å². The molecule has 2 saturated carbocycles. The van der Waals surface area contributed by atoms with Gasteiger partial charge >= 0.3 is 5.97 Å². The summed E-state index contributed by atoms with van der Waals surface area (Å²) < 4.78 is 5.63. The summed E-state index contributed by atoms with van der Waals surface area (Å²) in [5.74, 6) is -0.125. The largest absolute Gasteiger partial charge is 0.426 e. The molecule has 39 heavy (non-hydrogen) atoms. The van der Waals surface area contributed by atoms with Crippen molar-refractivity contribution in [1.82, 2.24) is 0 Å². The second-order valence-electron chi connectivity index (χ2n) is 11.5. The molecule has 2 bridgehead atoms. The standard InChI is InChI=1S/C32H26N2O5/c35-27-14-18(16-33(27)26-7-3-5-17-4-1-2-6-21(17)26)32(38)39-20-10-8-19(9-11-20)34-30(36)28-22-12-13-23(25-15-24(22)25)29(28)31(34)37/h1-13,18,22-25,28-29H,14-16H2/t18-,22-,23-,24-,25+,28+,29+/m0/s1. The number of imide groups is 1. The number of carbonyl (C=O) groups is 4. The van der Waals surface area contributed by atoms with Crippen molar-refractivity contribution in [2.45, 2.75) is 12.8 Å². The molecule has 0 aromatic heterocycles. The van der Waals surface area contributed by atoms with E-state index in [0.29, 0.717) is 23.3 Å². The number of benzene rings is 3. The summed E-state index contributed by atoms with van der Waals surface area (Å²) in [5.41, 5.74) is 1.30. The average molecular weight is 519 g/mol. The molecule has 2 aliphatic heterocycles. The highest BCUT2D eigenvalue weighted by molar-refractivity contribution is 6.22. The van der Waals surface area contributed by atoms with Gasteiger partial charge in [0.25, 0.3) is 0 Å². The van der Waals surface area contributed by atoms with E-state index in [1.165, 1.54) is 4.90 Å². The third kappa shape index (κ3) is 3.28. The monoisotopic (exact) mass is 518 g/mol. The SMILES string of the molecule is O=C(Oc1ccc(N2C(=O)[C@@H]3[C@H]4C=C[C@@H]([C@@H]5C[C@H]45)[C@H]3C2=O)cc1)[C@H]1CC(=O)N(c2cccc3ccccc23)C1. The normalized spacial score (nSPS) is 32.1. The molecule has 194 valence electrons. The molecule has 0 spiro atoms. The molecule has 3 aromatic rings. The highest BCUT2D eigenvalue weighted by Gasteiger charge is 2.67. The van der Waals surface area contributed by atoms with Crippen molar-refractivity contribution < 1.29 is 23.9 Å². The Kier molecular flexibility index (Phi) is 4.73. The molecule has 7 nitrogen and oxygen atoms in total. The van der Waals surface area contributed by atoms with Crippen LogP contribution in [0.4, 0.5) is 11.4 Å². The van der Waals surface area contributed by atoms with Crippen LogP contribution in [0.1, 0.15) is 12.8 Å². The number of rotatable bonds is 4. The molecule has 0 N–H and O–H groups in total. The highest BCUT2D eigenvalue weighted by Crippen LogP contribution is 2.65. The number of amides is 3. The van der Waals surface area contributed by atoms with Crippen molar-refractivity contribution in [1.29, 1.82) is 0 Å². The maximum Gasteiger partial charge on any atom is 0.316 e. The van der Waals surface area contributed by atoms with Gasteiger partial charge in [-0.15, -0.1) is 0 Å². The van der Waals surface area contributed by atoms with E-state index in [-0.39, 0.29) is 54.4 Å². The van der Waals surface area contributed by atoms with E-state index in [9.17, 15) is 19.2 Å². The van der Waals surface area contributed by atoms with Crippen LogP contribution in [0.25, 0.3) is 10.8 Å². The number of nitrogens with zero attached hydrogens (tertiary/aromatic N) is 2. The van der Waals surface area contributed by atoms with E-state index in [1.54, 1.807) is 29.2 Å². The topological polar surface area (TPSA) is 84.0 Å². The van der Waals surface area contributed by atoms with Gasteiger partial charge in [0.05, 0.1) is 29.1 Å². The minimum Gasteiger partial charge on any atom is -0.426 e. The van der Waals surface area contributed by atoms with E-state index in [2.05, 4.69) is 12.2 Å². The maximum absolute atomic E-state index is 13.4. The molecule has 4 aliphatic carbocycles. The number of fused-ring (bicyclic) bond motifs is 1. The molecule has 0 unspecified atom stereocenters. The number of anilines is 2. The van der Waals surface area contributed by atoms with Crippen molar-refractivity contribution in [2.75, 3.05) is 16.3 Å². The average Bonchev–Trinajstić information content (AvgIpc) is 3.64. The van der Waals surface area contributed by atoms with Crippen molar-refractivity contribution in [2.24, 2.45) is 41.4 Å². The lowest BCUT2D eigenvalue weighted by Gasteiger charge is -2.37. The number of hydrogen-bond donors (Lipinski definition) is 0. The Hall–Kier alpha value is -4.26. The summed E-state index contributed by atoms with van der Waals surface area (Å²) in [4.78, 5) is 55.6. The number of esters is 1.